The quantitative estimate of drug-likeness (QED) is 0.248. The van der Waals surface area contributed by atoms with E-state index in [2.05, 4.69) is 16.0 Å². The monoisotopic (exact) mass is 505 g/mol. The highest BCUT2D eigenvalue weighted by Gasteiger charge is 2.11. The number of methoxy groups -OCH3 is 1. The van der Waals surface area contributed by atoms with Gasteiger partial charge in [0.25, 0.3) is 5.91 Å². The summed E-state index contributed by atoms with van der Waals surface area (Å²) in [7, 11) is 1.61. The van der Waals surface area contributed by atoms with Crippen LogP contribution in [-0.2, 0) is 13.0 Å². The van der Waals surface area contributed by atoms with Gasteiger partial charge >= 0.3 is 0 Å². The molecule has 0 radical (unpaired) electrons. The van der Waals surface area contributed by atoms with Crippen LogP contribution in [0.3, 0.4) is 0 Å². The van der Waals surface area contributed by atoms with Gasteiger partial charge < -0.3 is 19.4 Å². The van der Waals surface area contributed by atoms with Crippen molar-refractivity contribution in [2.45, 2.75) is 39.7 Å². The molecule has 3 aromatic carbocycles. The maximum atomic E-state index is 12.4. The number of hydrogen-bond acceptors (Lipinski definition) is 4. The first-order valence-corrected chi connectivity index (χ1v) is 12.6. The number of para-hydroxylation sites is 2. The van der Waals surface area contributed by atoms with E-state index < -0.39 is 0 Å². The predicted octanol–water partition coefficient (Wildman–Crippen LogP) is 6.15. The number of halogens is 1. The Hall–Kier alpha value is -3.51. The van der Waals surface area contributed by atoms with E-state index in [-0.39, 0.29) is 5.91 Å². The highest BCUT2D eigenvalue weighted by Crippen LogP contribution is 2.26. The minimum absolute atomic E-state index is 0.0871. The molecular formula is C29H32ClN3O3. The molecule has 0 spiro atoms. The molecule has 4 rings (SSSR count). The highest BCUT2D eigenvalue weighted by molar-refractivity contribution is 6.32. The third-order valence-corrected chi connectivity index (χ3v) is 6.75. The highest BCUT2D eigenvalue weighted by atomic mass is 35.5. The van der Waals surface area contributed by atoms with Crippen molar-refractivity contribution in [3.05, 3.63) is 88.2 Å². The van der Waals surface area contributed by atoms with Crippen LogP contribution in [0, 0.1) is 13.8 Å². The van der Waals surface area contributed by atoms with Gasteiger partial charge in [-0.2, -0.15) is 0 Å². The smallest absolute Gasteiger partial charge is 0.251 e. The van der Waals surface area contributed by atoms with E-state index in [1.54, 1.807) is 31.4 Å². The van der Waals surface area contributed by atoms with Crippen LogP contribution in [0.1, 0.15) is 40.2 Å². The molecule has 1 amide bonds. The fraction of sp³-hybridized carbons (Fsp3) is 0.310. The molecule has 6 nitrogen and oxygen atoms in total. The van der Waals surface area contributed by atoms with Crippen LogP contribution in [-0.4, -0.2) is 35.7 Å². The van der Waals surface area contributed by atoms with Crippen LogP contribution in [0.2, 0.25) is 5.02 Å². The number of carbonyl (C=O) groups is 1. The fourth-order valence-corrected chi connectivity index (χ4v) is 4.37. The number of ether oxygens (including phenoxy) is 2. The zero-order chi connectivity index (χ0) is 25.5. The van der Waals surface area contributed by atoms with Gasteiger partial charge in [-0.25, -0.2) is 4.98 Å². The Morgan fingerprint density at radius 1 is 1.00 bits per heavy atom. The second-order valence-corrected chi connectivity index (χ2v) is 9.21. The number of benzene rings is 3. The number of imidazole rings is 1. The first kappa shape index (κ1) is 25.6. The number of hydrogen-bond donors (Lipinski definition) is 1. The second kappa shape index (κ2) is 12.0. The SMILES string of the molecule is COc1ccc(C(=O)NCCCc2nc3ccccc3n2CCCOc2cc(C)c(Cl)c(C)c2)cc1. The lowest BCUT2D eigenvalue weighted by Gasteiger charge is -2.12. The topological polar surface area (TPSA) is 65.4 Å². The number of amides is 1. The summed E-state index contributed by atoms with van der Waals surface area (Å²) in [6.45, 7) is 5.97. The lowest BCUT2D eigenvalue weighted by molar-refractivity contribution is 0.0953. The Balaban J connectivity index is 1.32. The molecule has 0 unspecified atom stereocenters. The minimum Gasteiger partial charge on any atom is -0.497 e. The van der Waals surface area contributed by atoms with Crippen molar-refractivity contribution in [1.82, 2.24) is 14.9 Å². The number of nitrogens with zero attached hydrogens (tertiary/aromatic N) is 2. The first-order valence-electron chi connectivity index (χ1n) is 12.2. The summed E-state index contributed by atoms with van der Waals surface area (Å²) in [5.74, 6) is 2.51. The van der Waals surface area contributed by atoms with Gasteiger partial charge in [-0.3, -0.25) is 4.79 Å². The molecule has 0 saturated carbocycles. The fourth-order valence-electron chi connectivity index (χ4n) is 4.26. The number of fused-ring (bicyclic) bond motifs is 1. The molecule has 7 heteroatoms. The molecule has 0 saturated heterocycles. The van der Waals surface area contributed by atoms with Gasteiger partial charge in [0.1, 0.15) is 17.3 Å². The van der Waals surface area contributed by atoms with Crippen molar-refractivity contribution in [3.63, 3.8) is 0 Å². The van der Waals surface area contributed by atoms with E-state index in [1.807, 2.05) is 44.2 Å². The molecule has 188 valence electrons. The van der Waals surface area contributed by atoms with Crippen LogP contribution in [0.25, 0.3) is 11.0 Å². The average molecular weight is 506 g/mol. The normalized spacial score (nSPS) is 11.0. The Bertz CT molecular complexity index is 1310. The largest absolute Gasteiger partial charge is 0.497 e. The molecule has 1 heterocycles. The van der Waals surface area contributed by atoms with E-state index >= 15 is 0 Å². The third-order valence-electron chi connectivity index (χ3n) is 6.15. The standard InChI is InChI=1S/C29H32ClN3O3/c1-20-18-24(19-21(2)28(20)30)36-17-7-16-33-26-9-5-4-8-25(26)32-27(33)10-6-15-31-29(34)22-11-13-23(35-3)14-12-22/h4-5,8-9,11-14,18-19H,6-7,10,15-17H2,1-3H3,(H,31,34). The number of aromatic nitrogens is 2. The third kappa shape index (κ3) is 6.18. The minimum atomic E-state index is -0.0871. The van der Waals surface area contributed by atoms with Crippen molar-refractivity contribution in [2.24, 2.45) is 0 Å². The Kier molecular flexibility index (Phi) is 8.49. The van der Waals surface area contributed by atoms with Gasteiger partial charge in [0.05, 0.1) is 24.8 Å². The molecule has 1 N–H and O–H groups in total. The number of aryl methyl sites for hydroxylation is 4. The molecule has 0 bridgehead atoms. The summed E-state index contributed by atoms with van der Waals surface area (Å²) >= 11 is 6.27. The molecule has 0 aliphatic carbocycles. The van der Waals surface area contributed by atoms with Crippen molar-refractivity contribution >= 4 is 28.5 Å². The number of carbonyl (C=O) groups excluding carboxylic acids is 1. The Morgan fingerprint density at radius 2 is 1.72 bits per heavy atom. The molecular weight excluding hydrogens is 474 g/mol. The van der Waals surface area contributed by atoms with Gasteiger partial charge in [-0.15, -0.1) is 0 Å². The van der Waals surface area contributed by atoms with Gasteiger partial charge in [0.2, 0.25) is 0 Å². The van der Waals surface area contributed by atoms with Crippen LogP contribution in [0.4, 0.5) is 0 Å². The first-order chi connectivity index (χ1) is 17.5. The summed E-state index contributed by atoms with van der Waals surface area (Å²) in [4.78, 5) is 17.3. The summed E-state index contributed by atoms with van der Waals surface area (Å²) in [5, 5.41) is 3.79. The van der Waals surface area contributed by atoms with Crippen molar-refractivity contribution in [2.75, 3.05) is 20.3 Å². The van der Waals surface area contributed by atoms with Gasteiger partial charge in [-0.1, -0.05) is 23.7 Å². The van der Waals surface area contributed by atoms with Gasteiger partial charge in [-0.05, 0) is 86.3 Å². The lowest BCUT2D eigenvalue weighted by Crippen LogP contribution is -2.25. The zero-order valence-corrected chi connectivity index (χ0v) is 21.8. The van der Waals surface area contributed by atoms with Crippen LogP contribution in [0.5, 0.6) is 11.5 Å². The van der Waals surface area contributed by atoms with Crippen molar-refractivity contribution in [3.8, 4) is 11.5 Å². The van der Waals surface area contributed by atoms with Crippen LogP contribution in [0.15, 0.2) is 60.7 Å². The second-order valence-electron chi connectivity index (χ2n) is 8.83. The summed E-state index contributed by atoms with van der Waals surface area (Å²) in [6, 6.07) is 19.3. The molecule has 0 aliphatic rings. The Labute approximate surface area is 217 Å². The maximum Gasteiger partial charge on any atom is 0.251 e. The molecule has 1 aromatic heterocycles. The van der Waals surface area contributed by atoms with E-state index in [0.29, 0.717) is 18.7 Å². The molecule has 0 atom stereocenters. The summed E-state index contributed by atoms with van der Waals surface area (Å²) in [5.41, 5.74) is 4.77. The Morgan fingerprint density at radius 3 is 2.44 bits per heavy atom. The van der Waals surface area contributed by atoms with Gasteiger partial charge in [0.15, 0.2) is 0 Å². The van der Waals surface area contributed by atoms with Crippen molar-refractivity contribution < 1.29 is 14.3 Å². The molecule has 0 fully saturated rings. The molecule has 36 heavy (non-hydrogen) atoms. The van der Waals surface area contributed by atoms with Crippen LogP contribution < -0.4 is 14.8 Å². The average Bonchev–Trinajstić information content (AvgIpc) is 3.24. The number of rotatable bonds is 11. The maximum absolute atomic E-state index is 12.4. The lowest BCUT2D eigenvalue weighted by atomic mass is 10.1. The van der Waals surface area contributed by atoms with E-state index in [0.717, 1.165) is 70.3 Å². The predicted molar refractivity (Wildman–Crippen MR) is 144 cm³/mol. The van der Waals surface area contributed by atoms with Crippen LogP contribution >= 0.6 is 11.6 Å². The molecule has 4 aromatic rings. The molecule has 0 aliphatic heterocycles. The summed E-state index contributed by atoms with van der Waals surface area (Å²) < 4.78 is 13.4. The van der Waals surface area contributed by atoms with Gasteiger partial charge in [0, 0.05) is 30.1 Å². The summed E-state index contributed by atoms with van der Waals surface area (Å²) in [6.07, 6.45) is 2.42. The van der Waals surface area contributed by atoms with E-state index in [4.69, 9.17) is 26.1 Å². The zero-order valence-electron chi connectivity index (χ0n) is 21.0. The van der Waals surface area contributed by atoms with E-state index in [1.165, 1.54) is 0 Å². The van der Waals surface area contributed by atoms with E-state index in [9.17, 15) is 4.79 Å². The van der Waals surface area contributed by atoms with Crippen molar-refractivity contribution in [1.29, 1.82) is 0 Å². The number of nitrogens with one attached hydrogen (secondary N) is 1.